The van der Waals surface area contributed by atoms with Crippen molar-refractivity contribution in [2.75, 3.05) is 6.61 Å². The minimum atomic E-state index is -0.00626. The van der Waals surface area contributed by atoms with Crippen molar-refractivity contribution in [2.24, 2.45) is 0 Å². The van der Waals surface area contributed by atoms with E-state index in [2.05, 4.69) is 24.3 Å². The van der Waals surface area contributed by atoms with E-state index in [-0.39, 0.29) is 11.7 Å². The number of hydrogen-bond donors (Lipinski definition) is 0. The monoisotopic (exact) mass is 382 g/mol. The van der Waals surface area contributed by atoms with Gasteiger partial charge in [0, 0.05) is 12.2 Å². The normalized spacial score (nSPS) is 16.3. The fraction of sp³-hybridized carbons (Fsp3) is 0.200. The molecule has 4 nitrogen and oxygen atoms in total. The van der Waals surface area contributed by atoms with Crippen LogP contribution in [0.15, 0.2) is 83.7 Å². The zero-order chi connectivity index (χ0) is 19.6. The molecule has 3 aromatic carbocycles. The number of benzene rings is 3. The smallest absolute Gasteiger partial charge is 0.261 e. The lowest BCUT2D eigenvalue weighted by molar-refractivity contribution is 0.0965. The first kappa shape index (κ1) is 17.8. The summed E-state index contributed by atoms with van der Waals surface area (Å²) in [6, 6.07) is 26.1. The van der Waals surface area contributed by atoms with Gasteiger partial charge in [-0.2, -0.15) is 0 Å². The van der Waals surface area contributed by atoms with E-state index in [1.54, 1.807) is 4.57 Å². The summed E-state index contributed by atoms with van der Waals surface area (Å²) in [6.07, 6.45) is 2.09. The average molecular weight is 382 g/mol. The molecule has 0 N–H and O–H groups in total. The second kappa shape index (κ2) is 7.64. The van der Waals surface area contributed by atoms with Crippen LogP contribution in [0.5, 0.6) is 0 Å². The summed E-state index contributed by atoms with van der Waals surface area (Å²) in [6.45, 7) is 1.30. The maximum atomic E-state index is 13.3. The molecule has 29 heavy (non-hydrogen) atoms. The van der Waals surface area contributed by atoms with Gasteiger partial charge < -0.3 is 4.74 Å². The van der Waals surface area contributed by atoms with Crippen LogP contribution in [0.4, 0.5) is 0 Å². The number of hydrogen-bond acceptors (Lipinski definition) is 3. The molecule has 1 aromatic heterocycles. The van der Waals surface area contributed by atoms with Crippen molar-refractivity contribution in [3.8, 4) is 22.5 Å². The molecule has 1 aliphatic heterocycles. The summed E-state index contributed by atoms with van der Waals surface area (Å²) >= 11 is 0. The maximum absolute atomic E-state index is 13.3. The number of fused-ring (bicyclic) bond motifs is 1. The molecule has 1 unspecified atom stereocenters. The molecule has 1 fully saturated rings. The Bertz CT molecular complexity index is 1190. The molecule has 0 spiro atoms. The van der Waals surface area contributed by atoms with Crippen molar-refractivity contribution >= 4 is 10.9 Å². The Morgan fingerprint density at radius 3 is 2.31 bits per heavy atom. The number of aromatic nitrogens is 2. The second-order valence-electron chi connectivity index (χ2n) is 7.45. The third-order valence-corrected chi connectivity index (χ3v) is 5.52. The summed E-state index contributed by atoms with van der Waals surface area (Å²) in [5, 5.41) is 0.648. The SMILES string of the molecule is O=c1c2ccccc2nc(-c2ccc(-c3ccccc3)cc2)n1CC1CCCO1. The van der Waals surface area contributed by atoms with Gasteiger partial charge in [-0.3, -0.25) is 9.36 Å². The molecule has 4 heteroatoms. The molecule has 0 aliphatic carbocycles. The number of nitrogens with zero attached hydrogens (tertiary/aromatic N) is 2. The van der Waals surface area contributed by atoms with Crippen LogP contribution in [0.2, 0.25) is 0 Å². The topological polar surface area (TPSA) is 44.1 Å². The fourth-order valence-electron chi connectivity index (χ4n) is 3.99. The Balaban J connectivity index is 1.62. The zero-order valence-corrected chi connectivity index (χ0v) is 16.1. The van der Waals surface area contributed by atoms with Gasteiger partial charge in [0.2, 0.25) is 0 Å². The lowest BCUT2D eigenvalue weighted by atomic mass is 10.0. The first-order valence-corrected chi connectivity index (χ1v) is 10.1. The zero-order valence-electron chi connectivity index (χ0n) is 16.1. The van der Waals surface area contributed by atoms with Crippen molar-refractivity contribution in [1.82, 2.24) is 9.55 Å². The van der Waals surface area contributed by atoms with E-state index in [1.165, 1.54) is 5.56 Å². The van der Waals surface area contributed by atoms with Crippen molar-refractivity contribution in [3.63, 3.8) is 0 Å². The van der Waals surface area contributed by atoms with Crippen LogP contribution in [-0.2, 0) is 11.3 Å². The Labute approximate surface area is 169 Å². The van der Waals surface area contributed by atoms with E-state index in [9.17, 15) is 4.79 Å². The van der Waals surface area contributed by atoms with Gasteiger partial charge in [0.05, 0.1) is 23.6 Å². The van der Waals surface area contributed by atoms with Crippen molar-refractivity contribution in [3.05, 3.63) is 89.2 Å². The first-order valence-electron chi connectivity index (χ1n) is 10.1. The average Bonchev–Trinajstić information content (AvgIpc) is 3.30. The Morgan fingerprint density at radius 1 is 0.862 bits per heavy atom. The first-order chi connectivity index (χ1) is 14.3. The van der Waals surface area contributed by atoms with E-state index in [0.29, 0.717) is 17.8 Å². The van der Waals surface area contributed by atoms with Gasteiger partial charge in [-0.05, 0) is 36.1 Å². The van der Waals surface area contributed by atoms with Crippen LogP contribution in [0.25, 0.3) is 33.4 Å². The highest BCUT2D eigenvalue weighted by Gasteiger charge is 2.20. The van der Waals surface area contributed by atoms with Crippen molar-refractivity contribution in [1.29, 1.82) is 0 Å². The summed E-state index contributed by atoms with van der Waals surface area (Å²) in [5.41, 5.74) is 3.97. The van der Waals surface area contributed by atoms with Crippen LogP contribution in [0.1, 0.15) is 12.8 Å². The van der Waals surface area contributed by atoms with Gasteiger partial charge >= 0.3 is 0 Å². The Hall–Kier alpha value is -3.24. The van der Waals surface area contributed by atoms with E-state index in [4.69, 9.17) is 9.72 Å². The third-order valence-electron chi connectivity index (χ3n) is 5.52. The molecule has 1 aliphatic rings. The second-order valence-corrected chi connectivity index (χ2v) is 7.45. The Morgan fingerprint density at radius 2 is 1.55 bits per heavy atom. The van der Waals surface area contributed by atoms with Crippen LogP contribution in [-0.4, -0.2) is 22.3 Å². The quantitative estimate of drug-likeness (QED) is 0.504. The lowest BCUT2D eigenvalue weighted by Crippen LogP contribution is -2.28. The minimum absolute atomic E-state index is 0.00626. The van der Waals surface area contributed by atoms with Crippen LogP contribution in [0.3, 0.4) is 0 Å². The Kier molecular flexibility index (Phi) is 4.70. The molecule has 1 atom stereocenters. The largest absolute Gasteiger partial charge is 0.376 e. The molecular weight excluding hydrogens is 360 g/mol. The van der Waals surface area contributed by atoms with Crippen LogP contribution < -0.4 is 5.56 Å². The standard InChI is InChI=1S/C25H22N2O2/c28-25-22-10-4-5-11-23(22)26-24(27(25)17-21-9-6-16-29-21)20-14-12-19(13-15-20)18-7-2-1-3-8-18/h1-5,7-8,10-15,21H,6,9,16-17H2. The molecule has 0 amide bonds. The molecule has 144 valence electrons. The van der Waals surface area contributed by atoms with Crippen LogP contribution >= 0.6 is 0 Å². The maximum Gasteiger partial charge on any atom is 0.261 e. The molecule has 0 radical (unpaired) electrons. The minimum Gasteiger partial charge on any atom is -0.376 e. The van der Waals surface area contributed by atoms with Gasteiger partial charge in [0.15, 0.2) is 0 Å². The van der Waals surface area contributed by atoms with E-state index in [1.807, 2.05) is 54.6 Å². The molecule has 5 rings (SSSR count). The third kappa shape index (κ3) is 3.47. The predicted octanol–water partition coefficient (Wildman–Crippen LogP) is 4.91. The predicted molar refractivity (Wildman–Crippen MR) is 116 cm³/mol. The highest BCUT2D eigenvalue weighted by Crippen LogP contribution is 2.25. The van der Waals surface area contributed by atoms with E-state index in [0.717, 1.165) is 36.1 Å². The van der Waals surface area contributed by atoms with Gasteiger partial charge in [-0.25, -0.2) is 4.98 Å². The summed E-state index contributed by atoms with van der Waals surface area (Å²) in [4.78, 5) is 18.1. The molecule has 0 saturated carbocycles. The fourth-order valence-corrected chi connectivity index (χ4v) is 3.99. The van der Waals surface area contributed by atoms with Gasteiger partial charge in [0.25, 0.3) is 5.56 Å². The van der Waals surface area contributed by atoms with Gasteiger partial charge in [-0.15, -0.1) is 0 Å². The molecule has 2 heterocycles. The molecular formula is C25H22N2O2. The van der Waals surface area contributed by atoms with E-state index >= 15 is 0 Å². The molecule has 4 aromatic rings. The molecule has 1 saturated heterocycles. The summed E-state index contributed by atoms with van der Waals surface area (Å²) in [7, 11) is 0. The van der Waals surface area contributed by atoms with Crippen molar-refractivity contribution in [2.45, 2.75) is 25.5 Å². The lowest BCUT2D eigenvalue weighted by Gasteiger charge is -2.17. The number of rotatable bonds is 4. The summed E-state index contributed by atoms with van der Waals surface area (Å²) in [5.74, 6) is 0.698. The molecule has 0 bridgehead atoms. The number of ether oxygens (including phenoxy) is 1. The van der Waals surface area contributed by atoms with Gasteiger partial charge in [-0.1, -0.05) is 66.7 Å². The van der Waals surface area contributed by atoms with Gasteiger partial charge in [0.1, 0.15) is 5.82 Å². The van der Waals surface area contributed by atoms with Crippen molar-refractivity contribution < 1.29 is 4.74 Å². The number of para-hydroxylation sites is 1. The summed E-state index contributed by atoms with van der Waals surface area (Å²) < 4.78 is 7.59. The highest BCUT2D eigenvalue weighted by atomic mass is 16.5. The highest BCUT2D eigenvalue weighted by molar-refractivity contribution is 5.80. The van der Waals surface area contributed by atoms with E-state index < -0.39 is 0 Å². The van der Waals surface area contributed by atoms with Crippen LogP contribution in [0, 0.1) is 0 Å².